The lowest BCUT2D eigenvalue weighted by molar-refractivity contribution is -0.157. The average Bonchev–Trinajstić information content (AvgIpc) is 3.16. The first-order valence-electron chi connectivity index (χ1n) is 7.42. The summed E-state index contributed by atoms with van der Waals surface area (Å²) in [4.78, 5) is 25.4. The van der Waals surface area contributed by atoms with Crippen LogP contribution < -0.4 is 0 Å². The van der Waals surface area contributed by atoms with Gasteiger partial charge in [0.05, 0.1) is 24.7 Å². The maximum atomic E-state index is 13.0. The molecular weight excluding hydrogens is 268 g/mol. The first-order valence-corrected chi connectivity index (χ1v) is 7.42. The van der Waals surface area contributed by atoms with E-state index in [1.54, 1.807) is 0 Å². The van der Waals surface area contributed by atoms with Crippen molar-refractivity contribution in [1.82, 2.24) is 0 Å². The number of carbonyl (C=O) groups is 2. The molecule has 6 atom stereocenters. The molecule has 2 bridgehead atoms. The predicted molar refractivity (Wildman–Crippen MR) is 74.6 cm³/mol. The molecule has 1 aliphatic heterocycles. The topological polar surface area (TPSA) is 55.9 Å². The first kappa shape index (κ1) is 13.0. The van der Waals surface area contributed by atoms with Gasteiger partial charge in [0.2, 0.25) is 0 Å². The Morgan fingerprint density at radius 2 is 1.95 bits per heavy atom. The molecule has 4 nitrogen and oxygen atoms in total. The molecule has 0 spiro atoms. The summed E-state index contributed by atoms with van der Waals surface area (Å²) in [6.07, 6.45) is 1.22. The van der Waals surface area contributed by atoms with Crippen LogP contribution in [0.4, 0.5) is 0 Å². The number of ketones is 1. The zero-order valence-electron chi connectivity index (χ0n) is 12.1. The van der Waals surface area contributed by atoms with E-state index in [1.165, 1.54) is 7.11 Å². The summed E-state index contributed by atoms with van der Waals surface area (Å²) in [5.74, 6) is -0.307. The molecule has 110 valence electrons. The molecule has 0 unspecified atom stereocenters. The molecule has 0 aromatic heterocycles. The third-order valence-electron chi connectivity index (χ3n) is 5.72. The minimum Gasteiger partial charge on any atom is -0.469 e. The van der Waals surface area contributed by atoms with Gasteiger partial charge < -0.3 is 9.47 Å². The van der Waals surface area contributed by atoms with Crippen molar-refractivity contribution in [2.24, 2.45) is 23.2 Å². The lowest BCUT2D eigenvalue weighted by Crippen LogP contribution is -2.47. The number of fused-ring (bicyclic) bond motifs is 5. The van der Waals surface area contributed by atoms with Crippen LogP contribution >= 0.6 is 0 Å². The highest BCUT2D eigenvalue weighted by Crippen LogP contribution is 2.67. The molecule has 1 aromatic rings. The fourth-order valence-corrected chi connectivity index (χ4v) is 4.70. The van der Waals surface area contributed by atoms with Crippen LogP contribution in [-0.2, 0) is 14.3 Å². The SMILES string of the molecule is COC(=O)[C@]1(C)[C@H](C(=O)c2ccccc2)[C@H]2C[C@H]1[C@H]1O[C@@H]21. The number of methoxy groups -OCH3 is 1. The van der Waals surface area contributed by atoms with Gasteiger partial charge in [0.1, 0.15) is 0 Å². The van der Waals surface area contributed by atoms with Gasteiger partial charge in [0.25, 0.3) is 0 Å². The van der Waals surface area contributed by atoms with Crippen LogP contribution in [0.25, 0.3) is 0 Å². The molecular formula is C17H18O4. The highest BCUT2D eigenvalue weighted by atomic mass is 16.6. The average molecular weight is 286 g/mol. The van der Waals surface area contributed by atoms with E-state index in [-0.39, 0.29) is 41.7 Å². The van der Waals surface area contributed by atoms with E-state index in [1.807, 2.05) is 37.3 Å². The van der Waals surface area contributed by atoms with Crippen molar-refractivity contribution in [3.05, 3.63) is 35.9 Å². The Morgan fingerprint density at radius 3 is 2.62 bits per heavy atom. The van der Waals surface area contributed by atoms with E-state index in [9.17, 15) is 9.59 Å². The Hall–Kier alpha value is -1.68. The summed E-state index contributed by atoms with van der Waals surface area (Å²) in [6, 6.07) is 9.23. The van der Waals surface area contributed by atoms with Crippen LogP contribution in [0.2, 0.25) is 0 Å². The lowest BCUT2D eigenvalue weighted by atomic mass is 9.65. The van der Waals surface area contributed by atoms with Gasteiger partial charge in [-0.3, -0.25) is 9.59 Å². The molecule has 21 heavy (non-hydrogen) atoms. The Kier molecular flexibility index (Phi) is 2.58. The normalized spacial score (nSPS) is 42.5. The van der Waals surface area contributed by atoms with Crippen molar-refractivity contribution < 1.29 is 19.1 Å². The maximum Gasteiger partial charge on any atom is 0.312 e. The summed E-state index contributed by atoms with van der Waals surface area (Å²) in [6.45, 7) is 1.88. The molecule has 1 aromatic carbocycles. The van der Waals surface area contributed by atoms with Crippen LogP contribution in [-0.4, -0.2) is 31.1 Å². The number of ether oxygens (including phenoxy) is 2. The molecule has 2 saturated carbocycles. The lowest BCUT2D eigenvalue weighted by Gasteiger charge is -2.35. The highest BCUT2D eigenvalue weighted by Gasteiger charge is 2.75. The van der Waals surface area contributed by atoms with E-state index >= 15 is 0 Å². The number of benzene rings is 1. The van der Waals surface area contributed by atoms with Crippen molar-refractivity contribution in [2.45, 2.75) is 25.6 Å². The van der Waals surface area contributed by atoms with E-state index in [4.69, 9.17) is 9.47 Å². The van der Waals surface area contributed by atoms with E-state index < -0.39 is 5.41 Å². The zero-order valence-corrected chi connectivity index (χ0v) is 12.1. The number of Topliss-reactive ketones (excluding diaryl/α,β-unsaturated/α-hetero) is 1. The molecule has 2 aliphatic carbocycles. The van der Waals surface area contributed by atoms with Crippen LogP contribution in [0.5, 0.6) is 0 Å². The van der Waals surface area contributed by atoms with Crippen LogP contribution in [0.1, 0.15) is 23.7 Å². The van der Waals surface area contributed by atoms with Gasteiger partial charge in [0, 0.05) is 17.4 Å². The smallest absolute Gasteiger partial charge is 0.312 e. The summed E-state index contributed by atoms with van der Waals surface area (Å²) in [7, 11) is 1.40. The number of rotatable bonds is 3. The van der Waals surface area contributed by atoms with Crippen molar-refractivity contribution in [3.63, 3.8) is 0 Å². The van der Waals surface area contributed by atoms with Crippen LogP contribution in [0, 0.1) is 23.2 Å². The molecule has 1 saturated heterocycles. The van der Waals surface area contributed by atoms with E-state index in [0.717, 1.165) is 6.42 Å². The fraction of sp³-hybridized carbons (Fsp3) is 0.529. The van der Waals surface area contributed by atoms with Gasteiger partial charge in [-0.15, -0.1) is 0 Å². The number of hydrogen-bond acceptors (Lipinski definition) is 4. The van der Waals surface area contributed by atoms with E-state index in [2.05, 4.69) is 0 Å². The highest BCUT2D eigenvalue weighted by molar-refractivity contribution is 6.02. The van der Waals surface area contributed by atoms with Crippen molar-refractivity contribution in [3.8, 4) is 0 Å². The Bertz CT molecular complexity index is 610. The number of carbonyl (C=O) groups excluding carboxylic acids is 2. The fourth-order valence-electron chi connectivity index (χ4n) is 4.70. The maximum absolute atomic E-state index is 13.0. The molecule has 4 rings (SSSR count). The van der Waals surface area contributed by atoms with Crippen LogP contribution in [0.15, 0.2) is 30.3 Å². The summed E-state index contributed by atoms with van der Waals surface area (Å²) in [5, 5.41) is 0. The molecule has 1 heterocycles. The number of epoxide rings is 1. The molecule has 3 fully saturated rings. The monoisotopic (exact) mass is 286 g/mol. The Morgan fingerprint density at radius 1 is 1.24 bits per heavy atom. The zero-order chi connectivity index (χ0) is 14.8. The van der Waals surface area contributed by atoms with Gasteiger partial charge >= 0.3 is 5.97 Å². The number of esters is 1. The first-order chi connectivity index (χ1) is 10.1. The predicted octanol–water partition coefficient (Wildman–Crippen LogP) is 2.08. The quantitative estimate of drug-likeness (QED) is 0.485. The van der Waals surface area contributed by atoms with Gasteiger partial charge in [0.15, 0.2) is 5.78 Å². The summed E-state index contributed by atoms with van der Waals surface area (Å²) in [5.41, 5.74) is -0.0910. The summed E-state index contributed by atoms with van der Waals surface area (Å²) >= 11 is 0. The minimum atomic E-state index is -0.760. The molecule has 0 N–H and O–H groups in total. The van der Waals surface area contributed by atoms with Crippen molar-refractivity contribution >= 4 is 11.8 Å². The largest absolute Gasteiger partial charge is 0.469 e. The number of hydrogen-bond donors (Lipinski definition) is 0. The van der Waals surface area contributed by atoms with Gasteiger partial charge in [-0.05, 0) is 19.3 Å². The molecule has 0 radical (unpaired) electrons. The van der Waals surface area contributed by atoms with Gasteiger partial charge in [-0.25, -0.2) is 0 Å². The third kappa shape index (κ3) is 1.54. The molecule has 4 heteroatoms. The van der Waals surface area contributed by atoms with E-state index in [0.29, 0.717) is 5.56 Å². The minimum absolute atomic E-state index is 0.0463. The molecule has 0 amide bonds. The standard InChI is InChI=1S/C17H18O4/c1-17(16(19)20-2)11-8-10(14-15(11)21-14)12(17)13(18)9-6-4-3-5-7-9/h3-7,10-12,14-15H,8H2,1-2H3/t10-,11+,12+,14+,15-,17+/m1/s1. The Labute approximate surface area is 123 Å². The second-order valence-corrected chi connectivity index (χ2v) is 6.55. The Balaban J connectivity index is 1.75. The summed E-state index contributed by atoms with van der Waals surface area (Å²) < 4.78 is 10.7. The van der Waals surface area contributed by atoms with Gasteiger partial charge in [-0.2, -0.15) is 0 Å². The second-order valence-electron chi connectivity index (χ2n) is 6.55. The van der Waals surface area contributed by atoms with Crippen LogP contribution in [0.3, 0.4) is 0 Å². The van der Waals surface area contributed by atoms with Crippen molar-refractivity contribution in [2.75, 3.05) is 7.11 Å². The van der Waals surface area contributed by atoms with Crippen molar-refractivity contribution in [1.29, 1.82) is 0 Å². The van der Waals surface area contributed by atoms with Gasteiger partial charge in [-0.1, -0.05) is 30.3 Å². The molecule has 3 aliphatic rings. The third-order valence-corrected chi connectivity index (χ3v) is 5.72. The second kappa shape index (κ2) is 4.17.